The molecule has 0 bridgehead atoms. The molecule has 2 unspecified atom stereocenters. The molecule has 0 aromatic carbocycles. The molecular formula is C16H31N3O. The molecule has 0 aromatic heterocycles. The van der Waals surface area contributed by atoms with E-state index in [2.05, 4.69) is 24.2 Å². The average molecular weight is 281 g/mol. The number of primary amides is 1. The quantitative estimate of drug-likeness (QED) is 0.678. The Morgan fingerprint density at radius 3 is 2.70 bits per heavy atom. The van der Waals surface area contributed by atoms with E-state index in [4.69, 9.17) is 5.73 Å². The second-order valence-electron chi connectivity index (χ2n) is 6.79. The van der Waals surface area contributed by atoms with Gasteiger partial charge in [0.2, 0.25) is 5.91 Å². The van der Waals surface area contributed by atoms with Crippen molar-refractivity contribution in [2.24, 2.45) is 11.7 Å². The lowest BCUT2D eigenvalue weighted by atomic mass is 9.83. The minimum Gasteiger partial charge on any atom is -0.368 e. The summed E-state index contributed by atoms with van der Waals surface area (Å²) in [7, 11) is 2.19. The maximum atomic E-state index is 12.1. The van der Waals surface area contributed by atoms with Crippen LogP contribution in [0.15, 0.2) is 0 Å². The summed E-state index contributed by atoms with van der Waals surface area (Å²) in [6.07, 6.45) is 9.20. The van der Waals surface area contributed by atoms with Crippen LogP contribution in [0.1, 0.15) is 58.3 Å². The number of nitrogens with zero attached hydrogens (tertiary/aromatic N) is 1. The molecule has 0 aliphatic heterocycles. The van der Waals surface area contributed by atoms with Gasteiger partial charge in [-0.1, -0.05) is 19.8 Å². The van der Waals surface area contributed by atoms with Crippen LogP contribution in [0.3, 0.4) is 0 Å². The number of carbonyl (C=O) groups excluding carboxylic acids is 1. The Kier molecular flexibility index (Phi) is 5.44. The minimum atomic E-state index is -0.410. The van der Waals surface area contributed by atoms with Crippen LogP contribution in [0.2, 0.25) is 0 Å². The molecule has 116 valence electrons. The molecule has 0 aromatic rings. The minimum absolute atomic E-state index is 0.122. The first kappa shape index (κ1) is 15.8. The number of hydrogen-bond donors (Lipinski definition) is 2. The van der Waals surface area contributed by atoms with Gasteiger partial charge in [0.15, 0.2) is 0 Å². The summed E-state index contributed by atoms with van der Waals surface area (Å²) in [5, 5.41) is 3.59. The SMILES string of the molecule is CCCCN(C)CCC1CCCC1(NC1CC1)C(N)=O. The number of amides is 1. The van der Waals surface area contributed by atoms with Crippen LogP contribution in [0.25, 0.3) is 0 Å². The molecule has 0 saturated heterocycles. The van der Waals surface area contributed by atoms with E-state index < -0.39 is 5.54 Å². The number of nitrogens with two attached hydrogens (primary N) is 1. The van der Waals surface area contributed by atoms with Gasteiger partial charge >= 0.3 is 0 Å². The third-order valence-corrected chi connectivity index (χ3v) is 5.05. The molecule has 2 atom stereocenters. The lowest BCUT2D eigenvalue weighted by Gasteiger charge is -2.34. The van der Waals surface area contributed by atoms with Crippen molar-refractivity contribution < 1.29 is 4.79 Å². The van der Waals surface area contributed by atoms with Crippen molar-refractivity contribution in [1.82, 2.24) is 10.2 Å². The first-order valence-corrected chi connectivity index (χ1v) is 8.34. The smallest absolute Gasteiger partial charge is 0.238 e. The largest absolute Gasteiger partial charge is 0.368 e. The highest BCUT2D eigenvalue weighted by molar-refractivity contribution is 5.85. The molecule has 2 rings (SSSR count). The zero-order valence-corrected chi connectivity index (χ0v) is 13.2. The molecule has 1 amide bonds. The first-order chi connectivity index (χ1) is 9.58. The summed E-state index contributed by atoms with van der Waals surface area (Å²) in [6, 6.07) is 0.543. The van der Waals surface area contributed by atoms with Crippen molar-refractivity contribution >= 4 is 5.91 Å². The van der Waals surface area contributed by atoms with Gasteiger partial charge in [0.1, 0.15) is 5.54 Å². The Morgan fingerprint density at radius 2 is 2.10 bits per heavy atom. The molecule has 2 fully saturated rings. The van der Waals surface area contributed by atoms with Crippen molar-refractivity contribution in [1.29, 1.82) is 0 Å². The Balaban J connectivity index is 1.89. The van der Waals surface area contributed by atoms with Gasteiger partial charge in [-0.15, -0.1) is 0 Å². The molecule has 2 saturated carbocycles. The van der Waals surface area contributed by atoms with E-state index in [0.717, 1.165) is 38.8 Å². The molecular weight excluding hydrogens is 250 g/mol. The highest BCUT2D eigenvalue weighted by atomic mass is 16.1. The lowest BCUT2D eigenvalue weighted by molar-refractivity contribution is -0.126. The second kappa shape index (κ2) is 6.90. The van der Waals surface area contributed by atoms with Gasteiger partial charge in [-0.3, -0.25) is 4.79 Å². The number of nitrogens with one attached hydrogen (secondary N) is 1. The van der Waals surface area contributed by atoms with Crippen molar-refractivity contribution in [2.75, 3.05) is 20.1 Å². The molecule has 2 aliphatic rings. The number of carbonyl (C=O) groups is 1. The highest BCUT2D eigenvalue weighted by Crippen LogP contribution is 2.40. The molecule has 2 aliphatic carbocycles. The van der Waals surface area contributed by atoms with Gasteiger partial charge in [-0.25, -0.2) is 0 Å². The van der Waals surface area contributed by atoms with Gasteiger partial charge in [-0.05, 0) is 64.6 Å². The predicted molar refractivity (Wildman–Crippen MR) is 82.4 cm³/mol. The summed E-state index contributed by atoms with van der Waals surface area (Å²) in [5.41, 5.74) is 5.36. The first-order valence-electron chi connectivity index (χ1n) is 8.34. The van der Waals surface area contributed by atoms with Crippen LogP contribution in [0, 0.1) is 5.92 Å². The molecule has 3 N–H and O–H groups in total. The van der Waals surface area contributed by atoms with E-state index in [1.165, 1.54) is 25.7 Å². The highest BCUT2D eigenvalue weighted by Gasteiger charge is 2.49. The number of rotatable bonds is 9. The maximum absolute atomic E-state index is 12.1. The summed E-state index contributed by atoms with van der Waals surface area (Å²) < 4.78 is 0. The van der Waals surface area contributed by atoms with E-state index in [-0.39, 0.29) is 5.91 Å². The fraction of sp³-hybridized carbons (Fsp3) is 0.938. The summed E-state index contributed by atoms with van der Waals surface area (Å²) in [6.45, 7) is 4.46. The summed E-state index contributed by atoms with van der Waals surface area (Å²) in [5.74, 6) is 0.299. The van der Waals surface area contributed by atoms with Crippen LogP contribution < -0.4 is 11.1 Å². The van der Waals surface area contributed by atoms with Gasteiger partial charge in [-0.2, -0.15) is 0 Å². The normalized spacial score (nSPS) is 30.1. The van der Waals surface area contributed by atoms with Crippen molar-refractivity contribution in [2.45, 2.75) is 69.9 Å². The van der Waals surface area contributed by atoms with E-state index in [9.17, 15) is 4.79 Å². The molecule has 4 heteroatoms. The van der Waals surface area contributed by atoms with E-state index in [1.807, 2.05) is 0 Å². The van der Waals surface area contributed by atoms with Crippen LogP contribution in [0.4, 0.5) is 0 Å². The standard InChI is InChI=1S/C16H31N3O/c1-3-4-11-19(2)12-9-13-6-5-10-16(13,15(17)20)18-14-7-8-14/h13-14,18H,3-12H2,1-2H3,(H2,17,20). The number of hydrogen-bond acceptors (Lipinski definition) is 3. The molecule has 0 radical (unpaired) electrons. The zero-order chi connectivity index (χ0) is 14.6. The van der Waals surface area contributed by atoms with E-state index in [1.54, 1.807) is 0 Å². The van der Waals surface area contributed by atoms with Gasteiger partial charge in [0.25, 0.3) is 0 Å². The van der Waals surface area contributed by atoms with E-state index in [0.29, 0.717) is 12.0 Å². The summed E-state index contributed by atoms with van der Waals surface area (Å²) in [4.78, 5) is 14.5. The second-order valence-corrected chi connectivity index (χ2v) is 6.79. The molecule has 4 nitrogen and oxygen atoms in total. The summed E-state index contributed by atoms with van der Waals surface area (Å²) >= 11 is 0. The van der Waals surface area contributed by atoms with Crippen molar-refractivity contribution in [3.63, 3.8) is 0 Å². The van der Waals surface area contributed by atoms with Crippen molar-refractivity contribution in [3.05, 3.63) is 0 Å². The van der Waals surface area contributed by atoms with Crippen LogP contribution in [0.5, 0.6) is 0 Å². The Labute approximate surface area is 123 Å². The van der Waals surface area contributed by atoms with Gasteiger partial charge in [0.05, 0.1) is 0 Å². The van der Waals surface area contributed by atoms with E-state index >= 15 is 0 Å². The molecule has 0 spiro atoms. The monoisotopic (exact) mass is 281 g/mol. The lowest BCUT2D eigenvalue weighted by Crippen LogP contribution is -2.59. The fourth-order valence-electron chi connectivity index (χ4n) is 3.56. The van der Waals surface area contributed by atoms with Gasteiger partial charge < -0.3 is 16.0 Å². The fourth-order valence-corrected chi connectivity index (χ4v) is 3.56. The third-order valence-electron chi connectivity index (χ3n) is 5.05. The van der Waals surface area contributed by atoms with Crippen LogP contribution in [-0.2, 0) is 4.79 Å². The molecule has 0 heterocycles. The number of unbranched alkanes of at least 4 members (excludes halogenated alkanes) is 1. The predicted octanol–water partition coefficient (Wildman–Crippen LogP) is 1.88. The van der Waals surface area contributed by atoms with Gasteiger partial charge in [0, 0.05) is 6.04 Å². The average Bonchev–Trinajstić information content (AvgIpc) is 3.12. The topological polar surface area (TPSA) is 58.4 Å². The Bertz CT molecular complexity index is 330. The maximum Gasteiger partial charge on any atom is 0.238 e. The Morgan fingerprint density at radius 1 is 1.35 bits per heavy atom. The zero-order valence-electron chi connectivity index (χ0n) is 13.2. The van der Waals surface area contributed by atoms with Crippen LogP contribution >= 0.6 is 0 Å². The van der Waals surface area contributed by atoms with Crippen molar-refractivity contribution in [3.8, 4) is 0 Å². The van der Waals surface area contributed by atoms with Crippen LogP contribution in [-0.4, -0.2) is 42.5 Å². The third kappa shape index (κ3) is 3.73. The Hall–Kier alpha value is -0.610. The molecule has 20 heavy (non-hydrogen) atoms.